The number of fused-ring (bicyclic) bond motifs is 1. The number of rotatable bonds is 8. The zero-order valence-corrected chi connectivity index (χ0v) is 18.7. The van der Waals surface area contributed by atoms with Crippen molar-refractivity contribution in [3.05, 3.63) is 64.7 Å². The predicted octanol–water partition coefficient (Wildman–Crippen LogP) is 4.28. The molecule has 2 atom stereocenters. The summed E-state index contributed by atoms with van der Waals surface area (Å²) in [5.74, 6) is 0.224. The molecule has 0 fully saturated rings. The van der Waals surface area contributed by atoms with Crippen molar-refractivity contribution in [1.82, 2.24) is 14.8 Å². The molecule has 3 N–H and O–H groups in total. The molecular formula is C23H24ClN5O4. The standard InChI is InChI=1S/C23H24ClN5O4/c1-33-17-11-7-14(8-12-17)18-13-19(15-5-9-16(24)10-6-15)29-23(25-18)27-22(28-29)26-20(30)3-2-4-21(31)32/h5-12,18-19H,2-4,13H2,1H3,(H,31,32)(H2,25,26,27,28,30)/t18-,19+/m1/s1. The Hall–Kier alpha value is -3.59. The van der Waals surface area contributed by atoms with Crippen LogP contribution in [0.25, 0.3) is 0 Å². The van der Waals surface area contributed by atoms with Gasteiger partial charge in [0.25, 0.3) is 5.95 Å². The van der Waals surface area contributed by atoms with Gasteiger partial charge in [0.05, 0.1) is 19.2 Å². The Bertz CT molecular complexity index is 1130. The Balaban J connectivity index is 1.59. The molecule has 10 heteroatoms. The van der Waals surface area contributed by atoms with Gasteiger partial charge in [-0.05, 0) is 48.2 Å². The molecule has 2 aromatic carbocycles. The molecule has 0 saturated carbocycles. The van der Waals surface area contributed by atoms with E-state index in [0.29, 0.717) is 17.4 Å². The van der Waals surface area contributed by atoms with Crippen LogP contribution in [0.1, 0.15) is 48.9 Å². The highest BCUT2D eigenvalue weighted by molar-refractivity contribution is 6.30. The molecule has 0 radical (unpaired) electrons. The van der Waals surface area contributed by atoms with Gasteiger partial charge < -0.3 is 15.2 Å². The SMILES string of the molecule is COc1ccc([C@H]2C[C@@H](c3ccc(Cl)cc3)n3nc(NC(=O)CCCC(=O)O)nc3N2)cc1. The average molecular weight is 470 g/mol. The lowest BCUT2D eigenvalue weighted by atomic mass is 9.93. The number of anilines is 2. The second kappa shape index (κ2) is 9.91. The lowest BCUT2D eigenvalue weighted by molar-refractivity contribution is -0.137. The molecule has 0 aliphatic carbocycles. The van der Waals surface area contributed by atoms with E-state index < -0.39 is 5.97 Å². The van der Waals surface area contributed by atoms with Gasteiger partial charge >= 0.3 is 5.97 Å². The maximum absolute atomic E-state index is 12.2. The van der Waals surface area contributed by atoms with Gasteiger partial charge in [-0.3, -0.25) is 14.9 Å². The van der Waals surface area contributed by atoms with E-state index in [1.54, 1.807) is 11.8 Å². The third-order valence-electron chi connectivity index (χ3n) is 5.51. The molecule has 1 aliphatic heterocycles. The van der Waals surface area contributed by atoms with Crippen molar-refractivity contribution in [3.8, 4) is 5.75 Å². The molecule has 1 aromatic heterocycles. The normalized spacial score (nSPS) is 17.0. The highest BCUT2D eigenvalue weighted by Gasteiger charge is 2.31. The number of halogens is 1. The van der Waals surface area contributed by atoms with Crippen molar-refractivity contribution in [2.75, 3.05) is 17.7 Å². The monoisotopic (exact) mass is 469 g/mol. The molecule has 172 valence electrons. The van der Waals surface area contributed by atoms with E-state index in [0.717, 1.165) is 16.9 Å². The van der Waals surface area contributed by atoms with Gasteiger partial charge in [0.2, 0.25) is 11.9 Å². The number of carbonyl (C=O) groups is 2. The Labute approximate surface area is 195 Å². The smallest absolute Gasteiger partial charge is 0.303 e. The minimum atomic E-state index is -0.932. The topological polar surface area (TPSA) is 118 Å². The number of nitrogens with zero attached hydrogens (tertiary/aromatic N) is 3. The van der Waals surface area contributed by atoms with E-state index in [2.05, 4.69) is 20.7 Å². The number of nitrogens with one attached hydrogen (secondary N) is 2. The number of benzene rings is 2. The van der Waals surface area contributed by atoms with Crippen LogP contribution >= 0.6 is 11.6 Å². The van der Waals surface area contributed by atoms with Crippen molar-refractivity contribution in [1.29, 1.82) is 0 Å². The fraction of sp³-hybridized carbons (Fsp3) is 0.304. The molecule has 1 amide bonds. The second-order valence-electron chi connectivity index (χ2n) is 7.77. The van der Waals surface area contributed by atoms with Crippen LogP contribution in [0.4, 0.5) is 11.9 Å². The molecule has 0 spiro atoms. The fourth-order valence-electron chi connectivity index (χ4n) is 3.84. The molecule has 4 rings (SSSR count). The van der Waals surface area contributed by atoms with E-state index in [-0.39, 0.29) is 43.2 Å². The molecule has 0 bridgehead atoms. The molecule has 2 heterocycles. The summed E-state index contributed by atoms with van der Waals surface area (Å²) in [7, 11) is 1.63. The summed E-state index contributed by atoms with van der Waals surface area (Å²) in [5, 5.41) is 20.0. The first kappa shape index (κ1) is 22.6. The van der Waals surface area contributed by atoms with Crippen LogP contribution in [-0.2, 0) is 9.59 Å². The zero-order valence-electron chi connectivity index (χ0n) is 18.0. The summed E-state index contributed by atoms with van der Waals surface area (Å²) in [5.41, 5.74) is 2.09. The van der Waals surface area contributed by atoms with Crippen molar-refractivity contribution in [2.24, 2.45) is 0 Å². The minimum absolute atomic E-state index is 0.0348. The second-order valence-corrected chi connectivity index (χ2v) is 8.21. The molecule has 1 aliphatic rings. The maximum atomic E-state index is 12.2. The first-order chi connectivity index (χ1) is 15.9. The Morgan fingerprint density at radius 2 is 1.85 bits per heavy atom. The van der Waals surface area contributed by atoms with Crippen LogP contribution < -0.4 is 15.4 Å². The number of hydrogen-bond acceptors (Lipinski definition) is 6. The van der Waals surface area contributed by atoms with E-state index >= 15 is 0 Å². The minimum Gasteiger partial charge on any atom is -0.497 e. The summed E-state index contributed by atoms with van der Waals surface area (Å²) >= 11 is 6.08. The van der Waals surface area contributed by atoms with Crippen LogP contribution in [-0.4, -0.2) is 38.9 Å². The van der Waals surface area contributed by atoms with Crippen molar-refractivity contribution < 1.29 is 19.4 Å². The van der Waals surface area contributed by atoms with Gasteiger partial charge in [-0.25, -0.2) is 4.68 Å². The van der Waals surface area contributed by atoms with Gasteiger partial charge in [-0.15, -0.1) is 5.10 Å². The Morgan fingerprint density at radius 1 is 1.15 bits per heavy atom. The molecule has 0 unspecified atom stereocenters. The van der Waals surface area contributed by atoms with Crippen LogP contribution in [0.15, 0.2) is 48.5 Å². The highest BCUT2D eigenvalue weighted by atomic mass is 35.5. The lowest BCUT2D eigenvalue weighted by Gasteiger charge is -2.31. The molecule has 9 nitrogen and oxygen atoms in total. The van der Waals surface area contributed by atoms with Gasteiger partial charge in [0.1, 0.15) is 5.75 Å². The van der Waals surface area contributed by atoms with Crippen LogP contribution in [0.3, 0.4) is 0 Å². The number of ether oxygens (including phenoxy) is 1. The number of amides is 1. The number of hydrogen-bond donors (Lipinski definition) is 3. The average Bonchev–Trinajstić information content (AvgIpc) is 3.21. The first-order valence-corrected chi connectivity index (χ1v) is 10.9. The first-order valence-electron chi connectivity index (χ1n) is 10.6. The number of methoxy groups -OCH3 is 1. The summed E-state index contributed by atoms with van der Waals surface area (Å²) in [4.78, 5) is 27.3. The summed E-state index contributed by atoms with van der Waals surface area (Å²) in [6.45, 7) is 0. The van der Waals surface area contributed by atoms with E-state index in [1.807, 2.05) is 48.5 Å². The van der Waals surface area contributed by atoms with Gasteiger partial charge in [-0.1, -0.05) is 35.9 Å². The van der Waals surface area contributed by atoms with Gasteiger partial charge in [-0.2, -0.15) is 4.98 Å². The van der Waals surface area contributed by atoms with Gasteiger partial charge in [0, 0.05) is 17.9 Å². The lowest BCUT2D eigenvalue weighted by Crippen LogP contribution is -2.28. The maximum Gasteiger partial charge on any atom is 0.303 e. The van der Waals surface area contributed by atoms with E-state index in [4.69, 9.17) is 21.4 Å². The molecule has 0 saturated heterocycles. The number of aliphatic carboxylic acids is 1. The van der Waals surface area contributed by atoms with E-state index in [1.165, 1.54) is 0 Å². The van der Waals surface area contributed by atoms with E-state index in [9.17, 15) is 9.59 Å². The van der Waals surface area contributed by atoms with Crippen molar-refractivity contribution in [2.45, 2.75) is 37.8 Å². The Kier molecular flexibility index (Phi) is 6.79. The number of carboxylic acid groups (broad SMARTS) is 1. The fourth-order valence-corrected chi connectivity index (χ4v) is 3.96. The number of carbonyl (C=O) groups excluding carboxylic acids is 1. The number of aromatic nitrogens is 3. The molecular weight excluding hydrogens is 446 g/mol. The van der Waals surface area contributed by atoms with Crippen molar-refractivity contribution >= 4 is 35.4 Å². The highest BCUT2D eigenvalue weighted by Crippen LogP contribution is 2.38. The Morgan fingerprint density at radius 3 is 2.52 bits per heavy atom. The predicted molar refractivity (Wildman–Crippen MR) is 124 cm³/mol. The summed E-state index contributed by atoms with van der Waals surface area (Å²) < 4.78 is 7.02. The zero-order chi connectivity index (χ0) is 23.4. The summed E-state index contributed by atoms with van der Waals surface area (Å²) in [6, 6.07) is 15.3. The van der Waals surface area contributed by atoms with Crippen molar-refractivity contribution in [3.63, 3.8) is 0 Å². The largest absolute Gasteiger partial charge is 0.497 e. The van der Waals surface area contributed by atoms with Crippen LogP contribution in [0.5, 0.6) is 5.75 Å². The molecule has 33 heavy (non-hydrogen) atoms. The number of carboxylic acids is 1. The summed E-state index contributed by atoms with van der Waals surface area (Å²) in [6.07, 6.45) is 0.971. The van der Waals surface area contributed by atoms with Crippen LogP contribution in [0, 0.1) is 0 Å². The van der Waals surface area contributed by atoms with Gasteiger partial charge in [0.15, 0.2) is 0 Å². The third kappa shape index (κ3) is 5.43. The molecule has 3 aromatic rings. The third-order valence-corrected chi connectivity index (χ3v) is 5.76. The van der Waals surface area contributed by atoms with Crippen LogP contribution in [0.2, 0.25) is 5.02 Å². The quantitative estimate of drug-likeness (QED) is 0.450.